The largest absolute Gasteiger partial charge is 0.384 e. The van der Waals surface area contributed by atoms with Crippen molar-refractivity contribution in [3.05, 3.63) is 33.1 Å². The van der Waals surface area contributed by atoms with Crippen molar-refractivity contribution in [2.24, 2.45) is 0 Å². The Bertz CT molecular complexity index is 602. The van der Waals surface area contributed by atoms with Crippen molar-refractivity contribution in [3.8, 4) is 0 Å². The van der Waals surface area contributed by atoms with Crippen LogP contribution in [0.15, 0.2) is 21.9 Å². The fourth-order valence-electron chi connectivity index (χ4n) is 1.97. The van der Waals surface area contributed by atoms with Gasteiger partial charge in [-0.15, -0.1) is 0 Å². The van der Waals surface area contributed by atoms with Gasteiger partial charge in [0.05, 0.1) is 4.43 Å². The minimum absolute atomic E-state index is 0.306. The Morgan fingerprint density at radius 1 is 1.58 bits per heavy atom. The molecule has 0 aromatic carbocycles. The van der Waals surface area contributed by atoms with E-state index in [1.807, 2.05) is 4.98 Å². The van der Waals surface area contributed by atoms with E-state index in [1.54, 1.807) is 22.6 Å². The number of aromatic nitrogens is 2. The molecule has 0 amide bonds. The third-order valence-electron chi connectivity index (χ3n) is 3.02. The highest BCUT2D eigenvalue weighted by atomic mass is 127. The molecule has 1 saturated heterocycles. The van der Waals surface area contributed by atoms with Crippen LogP contribution in [0.2, 0.25) is 0 Å². The molecule has 19 heavy (non-hydrogen) atoms. The summed E-state index contributed by atoms with van der Waals surface area (Å²) < 4.78 is 33.9. The average Bonchev–Trinajstić information content (AvgIpc) is 2.51. The number of halogens is 3. The molecule has 1 aliphatic heterocycles. The molecule has 0 radical (unpaired) electrons. The lowest BCUT2D eigenvalue weighted by molar-refractivity contribution is -0.169. The standard InChI is InChI=1S/C10H11F2IN2O4/c1-9(11)6(17)10(12,4-13)19-7(9)15-3-2-5(16)14-8(15)18/h2-3,6-7,17H,4H2,1H3,(H,14,16,18)/t6-,7-,9-,10-/m0/s1. The van der Waals surface area contributed by atoms with E-state index in [2.05, 4.69) is 0 Å². The first-order valence-corrected chi connectivity index (χ1v) is 6.86. The zero-order chi connectivity index (χ0) is 14.4. The molecule has 106 valence electrons. The Hall–Kier alpha value is -0.810. The summed E-state index contributed by atoms with van der Waals surface area (Å²) in [5.41, 5.74) is -4.12. The van der Waals surface area contributed by atoms with Crippen LogP contribution in [0.3, 0.4) is 0 Å². The maximum absolute atomic E-state index is 14.4. The van der Waals surface area contributed by atoms with Gasteiger partial charge in [0.1, 0.15) is 0 Å². The Kier molecular flexibility index (Phi) is 3.56. The molecule has 9 heteroatoms. The van der Waals surface area contributed by atoms with Crippen LogP contribution in [-0.4, -0.2) is 36.7 Å². The normalized spacial score (nSPS) is 38.6. The summed E-state index contributed by atoms with van der Waals surface area (Å²) in [7, 11) is 0. The van der Waals surface area contributed by atoms with E-state index in [-0.39, 0.29) is 4.43 Å². The minimum atomic E-state index is -2.59. The van der Waals surface area contributed by atoms with Gasteiger partial charge in [-0.2, -0.15) is 0 Å². The number of nitrogens with zero attached hydrogens (tertiary/aromatic N) is 1. The van der Waals surface area contributed by atoms with E-state index in [1.165, 1.54) is 0 Å². The van der Waals surface area contributed by atoms with Crippen LogP contribution < -0.4 is 11.2 Å². The smallest absolute Gasteiger partial charge is 0.330 e. The minimum Gasteiger partial charge on any atom is -0.384 e. The topological polar surface area (TPSA) is 84.3 Å². The SMILES string of the molecule is C[C@@]1(F)[C@@H](n2ccc(=O)[nH]c2=O)O[C@@](F)(CI)[C@H]1O. The van der Waals surface area contributed by atoms with Crippen molar-refractivity contribution in [2.45, 2.75) is 30.8 Å². The number of nitrogens with one attached hydrogen (secondary N) is 1. The van der Waals surface area contributed by atoms with Crippen LogP contribution in [0.4, 0.5) is 8.78 Å². The van der Waals surface area contributed by atoms with Crippen molar-refractivity contribution < 1.29 is 18.6 Å². The molecule has 1 aromatic rings. The van der Waals surface area contributed by atoms with E-state index in [0.717, 1.165) is 19.2 Å². The number of aromatic amines is 1. The summed E-state index contributed by atoms with van der Waals surface area (Å²) in [6.07, 6.45) is -2.71. The number of aliphatic hydroxyl groups excluding tert-OH is 1. The first-order chi connectivity index (χ1) is 8.72. The summed E-state index contributed by atoms with van der Waals surface area (Å²) in [4.78, 5) is 24.4. The van der Waals surface area contributed by atoms with Crippen molar-refractivity contribution in [2.75, 3.05) is 4.43 Å². The number of hydrogen-bond acceptors (Lipinski definition) is 4. The molecule has 0 spiro atoms. The molecule has 4 atom stereocenters. The second-order valence-electron chi connectivity index (χ2n) is 4.46. The molecular formula is C10H11F2IN2O4. The molecule has 0 aliphatic carbocycles. The zero-order valence-electron chi connectivity index (χ0n) is 9.77. The Balaban J connectivity index is 2.51. The third kappa shape index (κ3) is 2.23. The first kappa shape index (κ1) is 14.6. The average molecular weight is 388 g/mol. The van der Waals surface area contributed by atoms with E-state index in [9.17, 15) is 23.5 Å². The van der Waals surface area contributed by atoms with Gasteiger partial charge in [0, 0.05) is 12.3 Å². The predicted molar refractivity (Wildman–Crippen MR) is 69.7 cm³/mol. The lowest BCUT2D eigenvalue weighted by atomic mass is 9.98. The van der Waals surface area contributed by atoms with Crippen LogP contribution >= 0.6 is 22.6 Å². The van der Waals surface area contributed by atoms with Crippen molar-refractivity contribution in [1.82, 2.24) is 9.55 Å². The van der Waals surface area contributed by atoms with Gasteiger partial charge in [-0.05, 0) is 6.92 Å². The van der Waals surface area contributed by atoms with E-state index >= 15 is 0 Å². The molecule has 1 fully saturated rings. The van der Waals surface area contributed by atoms with Gasteiger partial charge in [0.25, 0.3) is 5.56 Å². The van der Waals surface area contributed by atoms with Crippen molar-refractivity contribution in [1.29, 1.82) is 0 Å². The van der Waals surface area contributed by atoms with Crippen LogP contribution in [0.5, 0.6) is 0 Å². The van der Waals surface area contributed by atoms with Gasteiger partial charge < -0.3 is 9.84 Å². The summed E-state index contributed by atoms with van der Waals surface area (Å²) in [5.74, 6) is -2.59. The molecular weight excluding hydrogens is 377 g/mol. The van der Waals surface area contributed by atoms with Crippen molar-refractivity contribution >= 4 is 22.6 Å². The van der Waals surface area contributed by atoms with Crippen LogP contribution in [0, 0.1) is 0 Å². The maximum atomic E-state index is 14.4. The summed E-state index contributed by atoms with van der Waals surface area (Å²) in [6, 6.07) is 0.982. The van der Waals surface area contributed by atoms with Gasteiger partial charge in [0.15, 0.2) is 18.0 Å². The number of hydrogen-bond donors (Lipinski definition) is 2. The molecule has 6 nitrogen and oxygen atoms in total. The van der Waals surface area contributed by atoms with E-state index < -0.39 is 35.1 Å². The summed E-state index contributed by atoms with van der Waals surface area (Å²) in [5, 5.41) is 9.69. The third-order valence-corrected chi connectivity index (χ3v) is 4.06. The highest BCUT2D eigenvalue weighted by Gasteiger charge is 2.63. The van der Waals surface area contributed by atoms with Gasteiger partial charge in [0.2, 0.25) is 5.85 Å². The summed E-state index contributed by atoms with van der Waals surface area (Å²) >= 11 is 1.61. The quantitative estimate of drug-likeness (QED) is 0.563. The van der Waals surface area contributed by atoms with Gasteiger partial charge in [-0.1, -0.05) is 22.6 Å². The Labute approximate surface area is 119 Å². The van der Waals surface area contributed by atoms with Crippen LogP contribution in [0.25, 0.3) is 0 Å². The van der Waals surface area contributed by atoms with Crippen LogP contribution in [-0.2, 0) is 4.74 Å². The van der Waals surface area contributed by atoms with E-state index in [4.69, 9.17) is 4.74 Å². The molecule has 1 aromatic heterocycles. The molecule has 0 bridgehead atoms. The van der Waals surface area contributed by atoms with E-state index in [0.29, 0.717) is 4.57 Å². The first-order valence-electron chi connectivity index (χ1n) is 5.33. The molecule has 2 heterocycles. The molecule has 2 rings (SSSR count). The van der Waals surface area contributed by atoms with Gasteiger partial charge in [-0.25, -0.2) is 13.6 Å². The summed E-state index contributed by atoms with van der Waals surface area (Å²) in [6.45, 7) is 0.938. The highest BCUT2D eigenvalue weighted by Crippen LogP contribution is 2.47. The fourth-order valence-corrected chi connectivity index (χ4v) is 2.56. The number of alkyl halides is 3. The molecule has 2 N–H and O–H groups in total. The molecule has 1 aliphatic rings. The molecule has 0 saturated carbocycles. The lowest BCUT2D eigenvalue weighted by Crippen LogP contribution is -2.46. The molecule has 0 unspecified atom stereocenters. The monoisotopic (exact) mass is 388 g/mol. The fraction of sp³-hybridized carbons (Fsp3) is 0.600. The number of rotatable bonds is 2. The Morgan fingerprint density at radius 2 is 2.21 bits per heavy atom. The Morgan fingerprint density at radius 3 is 2.68 bits per heavy atom. The van der Waals surface area contributed by atoms with Gasteiger partial charge >= 0.3 is 5.69 Å². The highest BCUT2D eigenvalue weighted by molar-refractivity contribution is 14.1. The maximum Gasteiger partial charge on any atom is 0.330 e. The predicted octanol–water partition coefficient (Wildman–Crippen LogP) is 0.255. The number of H-pyrrole nitrogens is 1. The number of aliphatic hydroxyl groups is 1. The second-order valence-corrected chi connectivity index (χ2v) is 5.22. The number of ether oxygens (including phenoxy) is 1. The van der Waals surface area contributed by atoms with Crippen LogP contribution in [0.1, 0.15) is 13.2 Å². The lowest BCUT2D eigenvalue weighted by Gasteiger charge is -2.24. The van der Waals surface area contributed by atoms with Gasteiger partial charge in [-0.3, -0.25) is 14.3 Å². The second kappa shape index (κ2) is 4.63. The zero-order valence-corrected chi connectivity index (χ0v) is 11.9. The van der Waals surface area contributed by atoms with Crippen molar-refractivity contribution in [3.63, 3.8) is 0 Å².